The number of amides is 2. The molecule has 1 heterocycles. The highest BCUT2D eigenvalue weighted by Crippen LogP contribution is 2.14. The first-order chi connectivity index (χ1) is 13.5. The van der Waals surface area contributed by atoms with E-state index in [0.717, 1.165) is 6.42 Å². The first-order valence-electron chi connectivity index (χ1n) is 8.79. The van der Waals surface area contributed by atoms with Crippen molar-refractivity contribution in [2.75, 3.05) is 13.2 Å². The quantitative estimate of drug-likeness (QED) is 0.484. The van der Waals surface area contributed by atoms with E-state index in [4.69, 9.17) is 9.47 Å². The van der Waals surface area contributed by atoms with Gasteiger partial charge in [-0.1, -0.05) is 13.0 Å². The molecule has 2 amide bonds. The van der Waals surface area contributed by atoms with Gasteiger partial charge in [-0.3, -0.25) is 24.5 Å². The Morgan fingerprint density at radius 1 is 1.04 bits per heavy atom. The lowest BCUT2D eigenvalue weighted by molar-refractivity contribution is -0.148. The molecule has 2 aromatic rings. The highest BCUT2D eigenvalue weighted by atomic mass is 32.1. The lowest BCUT2D eigenvalue weighted by atomic mass is 10.1. The van der Waals surface area contributed by atoms with Gasteiger partial charge in [-0.2, -0.15) is 0 Å². The fourth-order valence-electron chi connectivity index (χ4n) is 2.17. The average Bonchev–Trinajstić information content (AvgIpc) is 3.24. The van der Waals surface area contributed by atoms with Gasteiger partial charge in [0.1, 0.15) is 5.75 Å². The summed E-state index contributed by atoms with van der Waals surface area (Å²) in [7, 11) is 0. The summed E-state index contributed by atoms with van der Waals surface area (Å²) in [4.78, 5) is 47.6. The number of imide groups is 1. The van der Waals surface area contributed by atoms with Crippen LogP contribution in [0.5, 0.6) is 5.75 Å². The number of benzene rings is 1. The molecule has 0 bridgehead atoms. The minimum atomic E-state index is -0.722. The summed E-state index contributed by atoms with van der Waals surface area (Å²) < 4.78 is 10.2. The molecule has 2 rings (SSSR count). The predicted octanol–water partition coefficient (Wildman–Crippen LogP) is 3.00. The maximum atomic E-state index is 12.1. The first-order valence-corrected chi connectivity index (χ1v) is 9.67. The van der Waals surface area contributed by atoms with Gasteiger partial charge in [0.25, 0.3) is 11.8 Å². The number of ketones is 1. The van der Waals surface area contributed by atoms with E-state index in [0.29, 0.717) is 22.8 Å². The molecule has 0 aliphatic heterocycles. The number of carbonyl (C=O) groups excluding carboxylic acids is 4. The van der Waals surface area contributed by atoms with Gasteiger partial charge in [-0.15, -0.1) is 11.3 Å². The van der Waals surface area contributed by atoms with Crippen molar-refractivity contribution in [2.45, 2.75) is 26.2 Å². The second kappa shape index (κ2) is 11.0. The molecule has 0 aliphatic rings. The Balaban J connectivity index is 1.69. The molecule has 8 heteroatoms. The number of thiophene rings is 1. The Kier molecular flexibility index (Phi) is 8.36. The minimum Gasteiger partial charge on any atom is -0.494 e. The summed E-state index contributed by atoms with van der Waals surface area (Å²) in [6.07, 6.45) is 0.700. The zero-order valence-electron chi connectivity index (χ0n) is 15.4. The van der Waals surface area contributed by atoms with E-state index in [1.54, 1.807) is 41.8 Å². The van der Waals surface area contributed by atoms with Crippen LogP contribution in [0.15, 0.2) is 41.8 Å². The SMILES string of the molecule is CCCOc1ccc(C(=O)CCC(=O)OCC(=O)NC(=O)c2cccs2)cc1. The summed E-state index contributed by atoms with van der Waals surface area (Å²) >= 11 is 1.19. The number of carbonyl (C=O) groups is 4. The zero-order valence-corrected chi connectivity index (χ0v) is 16.3. The predicted molar refractivity (Wildman–Crippen MR) is 104 cm³/mol. The Morgan fingerprint density at radius 3 is 2.43 bits per heavy atom. The lowest BCUT2D eigenvalue weighted by Gasteiger charge is -2.06. The van der Waals surface area contributed by atoms with Gasteiger partial charge < -0.3 is 9.47 Å². The largest absolute Gasteiger partial charge is 0.494 e. The molecule has 28 heavy (non-hydrogen) atoms. The fourth-order valence-corrected chi connectivity index (χ4v) is 2.79. The van der Waals surface area contributed by atoms with Crippen molar-refractivity contribution in [3.8, 4) is 5.75 Å². The molecule has 0 spiro atoms. The van der Waals surface area contributed by atoms with E-state index in [1.165, 1.54) is 11.3 Å². The van der Waals surface area contributed by atoms with Crippen LogP contribution in [0.3, 0.4) is 0 Å². The lowest BCUT2D eigenvalue weighted by Crippen LogP contribution is -2.33. The highest BCUT2D eigenvalue weighted by molar-refractivity contribution is 7.12. The van der Waals surface area contributed by atoms with Gasteiger partial charge in [0.15, 0.2) is 12.4 Å². The van der Waals surface area contributed by atoms with Gasteiger partial charge in [-0.25, -0.2) is 0 Å². The second-order valence-corrected chi connectivity index (χ2v) is 6.76. The maximum absolute atomic E-state index is 12.1. The van der Waals surface area contributed by atoms with Crippen LogP contribution in [0.2, 0.25) is 0 Å². The molecular weight excluding hydrogens is 382 g/mol. The van der Waals surface area contributed by atoms with Crippen molar-refractivity contribution in [1.82, 2.24) is 5.32 Å². The molecule has 0 atom stereocenters. The van der Waals surface area contributed by atoms with E-state index in [2.05, 4.69) is 5.32 Å². The molecule has 0 saturated heterocycles. The Hall–Kier alpha value is -3.00. The average molecular weight is 403 g/mol. The van der Waals surface area contributed by atoms with Gasteiger partial charge in [0.05, 0.1) is 17.9 Å². The van der Waals surface area contributed by atoms with Crippen LogP contribution >= 0.6 is 11.3 Å². The Labute approximate surface area is 166 Å². The van der Waals surface area contributed by atoms with Crippen molar-refractivity contribution >= 4 is 34.9 Å². The van der Waals surface area contributed by atoms with Crippen LogP contribution in [0, 0.1) is 0 Å². The summed E-state index contributed by atoms with van der Waals surface area (Å²) in [5.41, 5.74) is 0.468. The van der Waals surface area contributed by atoms with Crippen molar-refractivity contribution < 1.29 is 28.7 Å². The Bertz CT molecular complexity index is 814. The molecule has 0 radical (unpaired) electrons. The third kappa shape index (κ3) is 6.96. The van der Waals surface area contributed by atoms with Crippen molar-refractivity contribution in [3.63, 3.8) is 0 Å². The van der Waals surface area contributed by atoms with Crippen LogP contribution < -0.4 is 10.1 Å². The van der Waals surface area contributed by atoms with Crippen molar-refractivity contribution in [2.24, 2.45) is 0 Å². The van der Waals surface area contributed by atoms with E-state index < -0.39 is 24.4 Å². The van der Waals surface area contributed by atoms with E-state index in [1.807, 2.05) is 6.92 Å². The topological polar surface area (TPSA) is 98.8 Å². The first kappa shape index (κ1) is 21.3. The normalized spacial score (nSPS) is 10.2. The van der Waals surface area contributed by atoms with Crippen LogP contribution in [-0.2, 0) is 14.3 Å². The molecule has 0 fully saturated rings. The smallest absolute Gasteiger partial charge is 0.306 e. The third-order valence-electron chi connectivity index (χ3n) is 3.57. The number of rotatable bonds is 10. The van der Waals surface area contributed by atoms with Gasteiger partial charge in [-0.05, 0) is 42.1 Å². The summed E-state index contributed by atoms with van der Waals surface area (Å²) in [5, 5.41) is 3.84. The van der Waals surface area contributed by atoms with E-state index in [-0.39, 0.29) is 18.6 Å². The van der Waals surface area contributed by atoms with E-state index in [9.17, 15) is 19.2 Å². The zero-order chi connectivity index (χ0) is 20.4. The second-order valence-electron chi connectivity index (χ2n) is 5.81. The number of hydrogen-bond donors (Lipinski definition) is 1. The van der Waals surface area contributed by atoms with Crippen LogP contribution in [0.25, 0.3) is 0 Å². The third-order valence-corrected chi connectivity index (χ3v) is 4.44. The number of nitrogens with one attached hydrogen (secondary N) is 1. The van der Waals surface area contributed by atoms with Crippen molar-refractivity contribution in [1.29, 1.82) is 0 Å². The molecule has 1 aromatic carbocycles. The van der Waals surface area contributed by atoms with Crippen molar-refractivity contribution in [3.05, 3.63) is 52.2 Å². The van der Waals surface area contributed by atoms with E-state index >= 15 is 0 Å². The standard InChI is InChI=1S/C20H21NO6S/c1-2-11-26-15-7-5-14(6-8-15)16(22)9-10-19(24)27-13-18(23)21-20(25)17-4-3-12-28-17/h3-8,12H,2,9-11,13H2,1H3,(H,21,23,25). The summed E-state index contributed by atoms with van der Waals surface area (Å²) in [5.74, 6) is -1.48. The number of hydrogen-bond acceptors (Lipinski definition) is 7. The molecule has 0 saturated carbocycles. The molecular formula is C20H21NO6S. The summed E-state index contributed by atoms with van der Waals surface area (Å²) in [6, 6.07) is 9.96. The maximum Gasteiger partial charge on any atom is 0.306 e. The van der Waals surface area contributed by atoms with Crippen LogP contribution in [0.4, 0.5) is 0 Å². The van der Waals surface area contributed by atoms with Crippen LogP contribution in [-0.4, -0.2) is 36.8 Å². The molecule has 0 aliphatic carbocycles. The number of esters is 1. The monoisotopic (exact) mass is 403 g/mol. The van der Waals surface area contributed by atoms with Gasteiger partial charge in [0, 0.05) is 12.0 Å². The molecule has 0 unspecified atom stereocenters. The number of ether oxygens (including phenoxy) is 2. The molecule has 1 N–H and O–H groups in total. The van der Waals surface area contributed by atoms with Gasteiger partial charge in [0.2, 0.25) is 0 Å². The minimum absolute atomic E-state index is 0.0380. The molecule has 148 valence electrons. The fraction of sp³-hybridized carbons (Fsp3) is 0.300. The molecule has 1 aromatic heterocycles. The van der Waals surface area contributed by atoms with Gasteiger partial charge >= 0.3 is 5.97 Å². The number of Topliss-reactive ketones (excluding diaryl/α,β-unsaturated/α-hetero) is 1. The highest BCUT2D eigenvalue weighted by Gasteiger charge is 2.14. The van der Waals surface area contributed by atoms with Crippen LogP contribution in [0.1, 0.15) is 46.2 Å². The summed E-state index contributed by atoms with van der Waals surface area (Å²) in [6.45, 7) is 2.03. The molecule has 7 nitrogen and oxygen atoms in total. The Morgan fingerprint density at radius 2 is 1.79 bits per heavy atom.